The minimum Gasteiger partial charge on any atom is -0.314 e. The molecule has 0 N–H and O–H groups in total. The number of carbonyl (C=O) groups excluding carboxylic acids is 1. The summed E-state index contributed by atoms with van der Waals surface area (Å²) in [6.45, 7) is 3.63. The van der Waals surface area contributed by atoms with Crippen molar-refractivity contribution in [1.29, 1.82) is 0 Å². The van der Waals surface area contributed by atoms with Crippen molar-refractivity contribution in [3.05, 3.63) is 95.6 Å². The van der Waals surface area contributed by atoms with Crippen LogP contribution in [0.2, 0.25) is 0 Å². The molecule has 0 spiro atoms. The van der Waals surface area contributed by atoms with Crippen LogP contribution < -0.4 is 4.90 Å². The number of hydrogen-bond donors (Lipinski definition) is 0. The van der Waals surface area contributed by atoms with Crippen LogP contribution in [0.15, 0.2) is 83.8 Å². The number of carbonyl (C=O) groups is 1. The number of rotatable bonds is 8. The van der Waals surface area contributed by atoms with E-state index >= 15 is 0 Å². The number of nitrogens with zero attached hydrogens (tertiary/aromatic N) is 2. The van der Waals surface area contributed by atoms with E-state index in [9.17, 15) is 13.2 Å². The summed E-state index contributed by atoms with van der Waals surface area (Å²) in [6.07, 6.45) is 0.521. The first-order valence-corrected chi connectivity index (χ1v) is 11.7. The molecule has 0 saturated carbocycles. The zero-order valence-electron chi connectivity index (χ0n) is 18.2. The lowest BCUT2D eigenvalue weighted by molar-refractivity contribution is -0.118. The summed E-state index contributed by atoms with van der Waals surface area (Å²) >= 11 is 0. The van der Waals surface area contributed by atoms with Crippen molar-refractivity contribution >= 4 is 21.6 Å². The second kappa shape index (κ2) is 9.90. The third-order valence-corrected chi connectivity index (χ3v) is 7.27. The maximum atomic E-state index is 13.6. The van der Waals surface area contributed by atoms with Gasteiger partial charge < -0.3 is 4.90 Å². The Labute approximate surface area is 185 Å². The fraction of sp³-hybridized carbons (Fsp3) is 0.240. The highest BCUT2D eigenvalue weighted by atomic mass is 32.2. The second-order valence-electron chi connectivity index (χ2n) is 7.63. The standard InChI is InChI=1S/C25H28N2O3S/c1-20-14-15-21(2)24(18-20)31(29,30)27(17-16-22-10-6-4-7-11-22)19-25(28)26(3)23-12-8-5-9-13-23/h4-15,18H,16-17,19H2,1-3H3. The first-order valence-electron chi connectivity index (χ1n) is 10.2. The van der Waals surface area contributed by atoms with Gasteiger partial charge in [0, 0.05) is 19.3 Å². The van der Waals surface area contributed by atoms with Crippen molar-refractivity contribution in [2.24, 2.45) is 0 Å². The number of para-hydroxylation sites is 1. The Morgan fingerprint density at radius 3 is 2.13 bits per heavy atom. The maximum absolute atomic E-state index is 13.6. The van der Waals surface area contributed by atoms with Crippen LogP contribution >= 0.6 is 0 Å². The summed E-state index contributed by atoms with van der Waals surface area (Å²) in [5, 5.41) is 0. The molecule has 0 atom stereocenters. The predicted octanol–water partition coefficient (Wildman–Crippen LogP) is 4.20. The fourth-order valence-corrected chi connectivity index (χ4v) is 5.06. The van der Waals surface area contributed by atoms with E-state index in [0.717, 1.165) is 16.8 Å². The molecule has 31 heavy (non-hydrogen) atoms. The van der Waals surface area contributed by atoms with Gasteiger partial charge in [0.15, 0.2) is 0 Å². The van der Waals surface area contributed by atoms with Gasteiger partial charge in [0.05, 0.1) is 11.4 Å². The zero-order valence-corrected chi connectivity index (χ0v) is 19.0. The first-order chi connectivity index (χ1) is 14.8. The highest BCUT2D eigenvalue weighted by molar-refractivity contribution is 7.89. The van der Waals surface area contributed by atoms with Crippen LogP contribution in [0.5, 0.6) is 0 Å². The Balaban J connectivity index is 1.90. The van der Waals surface area contributed by atoms with Gasteiger partial charge in [0.1, 0.15) is 0 Å². The molecule has 0 aliphatic carbocycles. The highest BCUT2D eigenvalue weighted by Crippen LogP contribution is 2.22. The monoisotopic (exact) mass is 436 g/mol. The van der Waals surface area contributed by atoms with Crippen LogP contribution in [0, 0.1) is 13.8 Å². The molecule has 0 radical (unpaired) electrons. The van der Waals surface area contributed by atoms with Crippen molar-refractivity contribution in [2.45, 2.75) is 25.2 Å². The molecular weight excluding hydrogens is 408 g/mol. The van der Waals surface area contributed by atoms with Gasteiger partial charge >= 0.3 is 0 Å². The number of likely N-dealkylation sites (N-methyl/N-ethyl adjacent to an activating group) is 1. The van der Waals surface area contributed by atoms with Crippen LogP contribution in [0.1, 0.15) is 16.7 Å². The van der Waals surface area contributed by atoms with E-state index in [1.54, 1.807) is 26.1 Å². The first kappa shape index (κ1) is 22.7. The summed E-state index contributed by atoms with van der Waals surface area (Å²) in [5.41, 5.74) is 3.27. The van der Waals surface area contributed by atoms with Crippen LogP contribution in [-0.2, 0) is 21.2 Å². The average Bonchev–Trinajstić information content (AvgIpc) is 2.78. The highest BCUT2D eigenvalue weighted by Gasteiger charge is 2.29. The third kappa shape index (κ3) is 5.60. The maximum Gasteiger partial charge on any atom is 0.243 e. The number of amides is 1. The number of sulfonamides is 1. The van der Waals surface area contributed by atoms with E-state index in [1.165, 1.54) is 9.21 Å². The lowest BCUT2D eigenvalue weighted by Gasteiger charge is -2.26. The normalized spacial score (nSPS) is 11.5. The van der Waals surface area contributed by atoms with Gasteiger partial charge in [-0.2, -0.15) is 4.31 Å². The molecule has 1 amide bonds. The Morgan fingerprint density at radius 2 is 1.48 bits per heavy atom. The number of benzene rings is 3. The molecule has 0 heterocycles. The summed E-state index contributed by atoms with van der Waals surface area (Å²) in [5.74, 6) is -0.284. The summed E-state index contributed by atoms with van der Waals surface area (Å²) in [6, 6.07) is 24.3. The van der Waals surface area contributed by atoms with Crippen LogP contribution in [0.25, 0.3) is 0 Å². The predicted molar refractivity (Wildman–Crippen MR) is 125 cm³/mol. The van der Waals surface area contributed by atoms with Gasteiger partial charge in [-0.25, -0.2) is 8.42 Å². The minimum atomic E-state index is -3.85. The minimum absolute atomic E-state index is 0.216. The van der Waals surface area contributed by atoms with Crippen LogP contribution in [0.4, 0.5) is 5.69 Å². The van der Waals surface area contributed by atoms with Crippen molar-refractivity contribution < 1.29 is 13.2 Å². The Morgan fingerprint density at radius 1 is 0.871 bits per heavy atom. The Kier molecular flexibility index (Phi) is 7.25. The Bertz CT molecular complexity index is 1130. The van der Waals surface area contributed by atoms with Crippen molar-refractivity contribution in [2.75, 3.05) is 25.0 Å². The van der Waals surface area contributed by atoms with Gasteiger partial charge in [0.2, 0.25) is 15.9 Å². The average molecular weight is 437 g/mol. The van der Waals surface area contributed by atoms with E-state index in [1.807, 2.05) is 73.7 Å². The zero-order chi connectivity index (χ0) is 22.4. The van der Waals surface area contributed by atoms with Crippen molar-refractivity contribution in [3.63, 3.8) is 0 Å². The summed E-state index contributed by atoms with van der Waals surface area (Å²) in [4.78, 5) is 14.8. The Hall–Kier alpha value is -2.96. The molecule has 5 nitrogen and oxygen atoms in total. The molecule has 0 fully saturated rings. The molecule has 3 aromatic carbocycles. The molecule has 0 unspecified atom stereocenters. The summed E-state index contributed by atoms with van der Waals surface area (Å²) in [7, 11) is -2.19. The number of hydrogen-bond acceptors (Lipinski definition) is 3. The lowest BCUT2D eigenvalue weighted by Crippen LogP contribution is -2.42. The molecule has 0 saturated heterocycles. The SMILES string of the molecule is Cc1ccc(C)c(S(=O)(=O)N(CCc2ccccc2)CC(=O)N(C)c2ccccc2)c1. The smallest absolute Gasteiger partial charge is 0.243 e. The van der Waals surface area contributed by atoms with Gasteiger partial charge in [-0.3, -0.25) is 4.79 Å². The van der Waals surface area contributed by atoms with E-state index in [2.05, 4.69) is 0 Å². The van der Waals surface area contributed by atoms with Crippen LogP contribution in [0.3, 0.4) is 0 Å². The fourth-order valence-electron chi connectivity index (χ4n) is 3.36. The van der Waals surface area contributed by atoms with Gasteiger partial charge in [-0.15, -0.1) is 0 Å². The second-order valence-corrected chi connectivity index (χ2v) is 9.54. The lowest BCUT2D eigenvalue weighted by atomic mass is 10.1. The van der Waals surface area contributed by atoms with Crippen LogP contribution in [-0.4, -0.2) is 38.8 Å². The number of aryl methyl sites for hydroxylation is 2. The van der Waals surface area contributed by atoms with E-state index < -0.39 is 10.0 Å². The quantitative estimate of drug-likeness (QED) is 0.532. The summed E-state index contributed by atoms with van der Waals surface area (Å²) < 4.78 is 28.4. The van der Waals surface area contributed by atoms with E-state index in [-0.39, 0.29) is 23.9 Å². The molecule has 162 valence electrons. The molecule has 0 bridgehead atoms. The van der Waals surface area contributed by atoms with Gasteiger partial charge in [-0.05, 0) is 55.2 Å². The molecule has 6 heteroatoms. The molecule has 0 aromatic heterocycles. The third-order valence-electron chi connectivity index (χ3n) is 5.28. The van der Waals surface area contributed by atoms with E-state index in [0.29, 0.717) is 12.0 Å². The van der Waals surface area contributed by atoms with Crippen molar-refractivity contribution in [1.82, 2.24) is 4.31 Å². The van der Waals surface area contributed by atoms with Crippen molar-refractivity contribution in [3.8, 4) is 0 Å². The van der Waals surface area contributed by atoms with Gasteiger partial charge in [0.25, 0.3) is 0 Å². The van der Waals surface area contributed by atoms with E-state index in [4.69, 9.17) is 0 Å². The number of anilines is 1. The molecule has 3 rings (SSSR count). The molecule has 0 aliphatic heterocycles. The molecule has 0 aliphatic rings. The molecule has 3 aromatic rings. The largest absolute Gasteiger partial charge is 0.314 e. The van der Waals surface area contributed by atoms with Gasteiger partial charge in [-0.1, -0.05) is 60.7 Å². The molecular formula is C25H28N2O3S. The topological polar surface area (TPSA) is 57.7 Å².